The molecule has 0 unspecified atom stereocenters. The van der Waals surface area contributed by atoms with Crippen molar-refractivity contribution in [3.63, 3.8) is 0 Å². The predicted octanol–water partition coefficient (Wildman–Crippen LogP) is 3.72. The van der Waals surface area contributed by atoms with Crippen molar-refractivity contribution >= 4 is 17.4 Å². The van der Waals surface area contributed by atoms with E-state index in [1.165, 1.54) is 16.8 Å². The summed E-state index contributed by atoms with van der Waals surface area (Å²) in [5.74, 6) is 0.750. The highest BCUT2D eigenvalue weighted by Gasteiger charge is 2.13. The van der Waals surface area contributed by atoms with Crippen LogP contribution in [0.2, 0.25) is 0 Å². The van der Waals surface area contributed by atoms with Crippen molar-refractivity contribution in [3.05, 3.63) is 75.5 Å². The number of aryl methyl sites for hydroxylation is 3. The second-order valence-electron chi connectivity index (χ2n) is 6.44. The van der Waals surface area contributed by atoms with E-state index in [9.17, 15) is 14.9 Å². The highest BCUT2D eigenvalue weighted by molar-refractivity contribution is 5.91. The molecule has 0 aliphatic rings. The summed E-state index contributed by atoms with van der Waals surface area (Å²) in [7, 11) is 0. The molecule has 2 aromatic carbocycles. The first-order valence-electron chi connectivity index (χ1n) is 8.65. The molecule has 0 aliphatic carbocycles. The maximum atomic E-state index is 12.3. The van der Waals surface area contributed by atoms with Crippen molar-refractivity contribution < 1.29 is 14.5 Å². The van der Waals surface area contributed by atoms with Crippen LogP contribution in [-0.2, 0) is 4.79 Å². The summed E-state index contributed by atoms with van der Waals surface area (Å²) in [6.07, 6.45) is 0. The number of carbonyl (C=O) groups is 1. The van der Waals surface area contributed by atoms with Gasteiger partial charge in [0.25, 0.3) is 11.6 Å². The second-order valence-corrected chi connectivity index (χ2v) is 6.44. The normalized spacial score (nSPS) is 10.5. The molecule has 1 aromatic heterocycles. The van der Waals surface area contributed by atoms with Crippen LogP contribution < -0.4 is 10.1 Å². The zero-order valence-corrected chi connectivity index (χ0v) is 15.8. The largest absolute Gasteiger partial charge is 0.484 e. The number of nitro benzene ring substituents is 1. The Morgan fingerprint density at radius 1 is 1.11 bits per heavy atom. The minimum atomic E-state index is -0.467. The molecule has 144 valence electrons. The van der Waals surface area contributed by atoms with Gasteiger partial charge in [-0.1, -0.05) is 6.07 Å². The fraction of sp³-hybridized carbons (Fsp3) is 0.200. The van der Waals surface area contributed by atoms with Gasteiger partial charge < -0.3 is 10.1 Å². The van der Waals surface area contributed by atoms with E-state index in [-0.39, 0.29) is 18.2 Å². The number of nitrogens with one attached hydrogen (secondary N) is 1. The molecule has 1 N–H and O–H groups in total. The lowest BCUT2D eigenvalue weighted by atomic mass is 10.1. The van der Waals surface area contributed by atoms with E-state index in [4.69, 9.17) is 4.74 Å². The maximum Gasteiger partial charge on any atom is 0.269 e. The molecule has 0 spiro atoms. The van der Waals surface area contributed by atoms with Crippen LogP contribution in [0.25, 0.3) is 5.69 Å². The Morgan fingerprint density at radius 2 is 1.82 bits per heavy atom. The number of amides is 1. The molecule has 1 heterocycles. The number of nitro groups is 1. The highest BCUT2D eigenvalue weighted by atomic mass is 16.6. The zero-order chi connectivity index (χ0) is 20.3. The van der Waals surface area contributed by atoms with E-state index in [0.29, 0.717) is 22.9 Å². The molecule has 3 aromatic rings. The summed E-state index contributed by atoms with van der Waals surface area (Å²) in [5.41, 5.74) is 3.52. The first-order valence-corrected chi connectivity index (χ1v) is 8.65. The van der Waals surface area contributed by atoms with Crippen LogP contribution in [0.5, 0.6) is 5.75 Å². The van der Waals surface area contributed by atoms with Crippen molar-refractivity contribution in [2.45, 2.75) is 20.8 Å². The molecule has 0 bridgehead atoms. The molecule has 3 rings (SSSR count). The van der Waals surface area contributed by atoms with E-state index in [2.05, 4.69) is 10.4 Å². The average molecular weight is 380 g/mol. The summed E-state index contributed by atoms with van der Waals surface area (Å²) in [5, 5.41) is 17.9. The molecule has 0 saturated carbocycles. The second kappa shape index (κ2) is 7.91. The topological polar surface area (TPSA) is 99.3 Å². The van der Waals surface area contributed by atoms with Gasteiger partial charge in [0, 0.05) is 18.2 Å². The van der Waals surface area contributed by atoms with Crippen LogP contribution in [0.15, 0.2) is 48.5 Å². The van der Waals surface area contributed by atoms with Gasteiger partial charge >= 0.3 is 0 Å². The van der Waals surface area contributed by atoms with Crippen LogP contribution in [0.4, 0.5) is 11.5 Å². The summed E-state index contributed by atoms with van der Waals surface area (Å²) in [6.45, 7) is 5.64. The van der Waals surface area contributed by atoms with Crippen LogP contribution in [0.3, 0.4) is 0 Å². The molecular weight excluding hydrogens is 360 g/mol. The Morgan fingerprint density at radius 3 is 2.46 bits per heavy atom. The van der Waals surface area contributed by atoms with E-state index < -0.39 is 4.92 Å². The number of rotatable bonds is 6. The van der Waals surface area contributed by atoms with Crippen LogP contribution in [0.1, 0.15) is 16.8 Å². The lowest BCUT2D eigenvalue weighted by Gasteiger charge is -2.10. The lowest BCUT2D eigenvalue weighted by molar-refractivity contribution is -0.384. The number of hydrogen-bond acceptors (Lipinski definition) is 5. The molecule has 0 fully saturated rings. The molecule has 8 heteroatoms. The summed E-state index contributed by atoms with van der Waals surface area (Å²) >= 11 is 0. The van der Waals surface area contributed by atoms with Gasteiger partial charge in [-0.15, -0.1) is 0 Å². The first kappa shape index (κ1) is 19.1. The number of nitrogens with zero attached hydrogens (tertiary/aromatic N) is 3. The first-order chi connectivity index (χ1) is 13.3. The van der Waals surface area contributed by atoms with Crippen molar-refractivity contribution in [1.82, 2.24) is 9.78 Å². The Hall–Kier alpha value is -3.68. The van der Waals surface area contributed by atoms with Gasteiger partial charge in [-0.25, -0.2) is 4.68 Å². The van der Waals surface area contributed by atoms with Crippen LogP contribution in [-0.4, -0.2) is 27.2 Å². The van der Waals surface area contributed by atoms with Crippen LogP contribution >= 0.6 is 0 Å². The lowest BCUT2D eigenvalue weighted by Crippen LogP contribution is -2.22. The molecular formula is C20H20N4O4. The van der Waals surface area contributed by atoms with Gasteiger partial charge in [0.15, 0.2) is 6.61 Å². The van der Waals surface area contributed by atoms with E-state index in [1.54, 1.807) is 25.1 Å². The number of hydrogen-bond donors (Lipinski definition) is 1. The highest BCUT2D eigenvalue weighted by Crippen LogP contribution is 2.20. The van der Waals surface area contributed by atoms with Crippen LogP contribution in [0, 0.1) is 30.9 Å². The number of carbonyl (C=O) groups excluding carboxylic acids is 1. The Labute approximate surface area is 161 Å². The van der Waals surface area contributed by atoms with Crippen molar-refractivity contribution in [1.29, 1.82) is 0 Å². The Bertz CT molecular complexity index is 1030. The van der Waals surface area contributed by atoms with Crippen molar-refractivity contribution in [2.75, 3.05) is 11.9 Å². The van der Waals surface area contributed by atoms with E-state index in [0.717, 1.165) is 11.1 Å². The average Bonchev–Trinajstić information content (AvgIpc) is 3.03. The summed E-state index contributed by atoms with van der Waals surface area (Å²) < 4.78 is 7.07. The fourth-order valence-electron chi connectivity index (χ4n) is 2.63. The van der Waals surface area contributed by atoms with Gasteiger partial charge in [-0.3, -0.25) is 14.9 Å². The molecule has 28 heavy (non-hydrogen) atoms. The number of anilines is 1. The molecule has 0 saturated heterocycles. The quantitative estimate of drug-likeness (QED) is 0.519. The third-order valence-corrected chi connectivity index (χ3v) is 4.25. The molecule has 0 aliphatic heterocycles. The van der Waals surface area contributed by atoms with E-state index in [1.807, 2.05) is 32.0 Å². The summed E-state index contributed by atoms with van der Waals surface area (Å²) in [6, 6.07) is 13.3. The van der Waals surface area contributed by atoms with Gasteiger partial charge in [-0.2, -0.15) is 5.10 Å². The third-order valence-electron chi connectivity index (χ3n) is 4.25. The molecule has 8 nitrogen and oxygen atoms in total. The number of ether oxygens (including phenoxy) is 1. The molecule has 0 radical (unpaired) electrons. The minimum absolute atomic E-state index is 0.0139. The fourth-order valence-corrected chi connectivity index (χ4v) is 2.63. The summed E-state index contributed by atoms with van der Waals surface area (Å²) in [4.78, 5) is 22.6. The SMILES string of the molecule is Cc1cc(NC(=O)COc2ccc(C)c(C)c2)n(-c2ccc([N+](=O)[O-])cc2)n1. The van der Waals surface area contributed by atoms with Crippen molar-refractivity contribution in [2.24, 2.45) is 0 Å². The number of benzene rings is 2. The Kier molecular flexibility index (Phi) is 5.39. The smallest absolute Gasteiger partial charge is 0.269 e. The third kappa shape index (κ3) is 4.35. The number of non-ortho nitro benzene ring substituents is 1. The number of aromatic nitrogens is 2. The Balaban J connectivity index is 1.71. The monoisotopic (exact) mass is 380 g/mol. The van der Waals surface area contributed by atoms with Gasteiger partial charge in [0.05, 0.1) is 16.3 Å². The van der Waals surface area contributed by atoms with Crippen molar-refractivity contribution in [3.8, 4) is 11.4 Å². The maximum absolute atomic E-state index is 12.3. The van der Waals surface area contributed by atoms with Gasteiger partial charge in [0.2, 0.25) is 0 Å². The standard InChI is InChI=1S/C20H20N4O4/c1-13-4-9-18(10-14(13)2)28-12-20(25)21-19-11-15(3)22-23(19)16-5-7-17(8-6-16)24(26)27/h4-11H,12H2,1-3H3,(H,21,25). The van der Waals surface area contributed by atoms with Gasteiger partial charge in [0.1, 0.15) is 11.6 Å². The molecule has 1 amide bonds. The minimum Gasteiger partial charge on any atom is -0.484 e. The molecule has 0 atom stereocenters. The van der Waals surface area contributed by atoms with Gasteiger partial charge in [-0.05, 0) is 56.2 Å². The van der Waals surface area contributed by atoms with E-state index >= 15 is 0 Å². The zero-order valence-electron chi connectivity index (χ0n) is 15.8. The predicted molar refractivity (Wildman–Crippen MR) is 105 cm³/mol.